The minimum atomic E-state index is -0.844. The van der Waals surface area contributed by atoms with E-state index < -0.39 is 23.7 Å². The molecule has 0 bridgehead atoms. The third-order valence-electron chi connectivity index (χ3n) is 6.54. The van der Waals surface area contributed by atoms with Crippen LogP contribution in [0.5, 0.6) is 5.75 Å². The summed E-state index contributed by atoms with van der Waals surface area (Å²) in [5.41, 5.74) is 0.128. The number of nitrogens with zero attached hydrogens (tertiary/aromatic N) is 1. The lowest BCUT2D eigenvalue weighted by molar-refractivity contribution is -0.155. The predicted molar refractivity (Wildman–Crippen MR) is 148 cm³/mol. The molecule has 7 heteroatoms. The Morgan fingerprint density at radius 1 is 0.946 bits per heavy atom. The number of aliphatic hydroxyl groups is 1. The van der Waals surface area contributed by atoms with Crippen LogP contribution in [0.4, 0.5) is 4.79 Å². The fourth-order valence-electron chi connectivity index (χ4n) is 4.22. The fourth-order valence-corrected chi connectivity index (χ4v) is 4.22. The molecule has 0 spiro atoms. The minimum Gasteiger partial charge on any atom is -0.508 e. The molecule has 1 aromatic rings. The Kier molecular flexibility index (Phi) is 15.3. The molecule has 0 radical (unpaired) electrons. The average Bonchev–Trinajstić information content (AvgIpc) is 2.83. The van der Waals surface area contributed by atoms with Crippen LogP contribution in [-0.2, 0) is 20.7 Å². The zero-order valence-corrected chi connectivity index (χ0v) is 24.0. The van der Waals surface area contributed by atoms with Gasteiger partial charge >= 0.3 is 12.1 Å². The van der Waals surface area contributed by atoms with Gasteiger partial charge in [-0.05, 0) is 76.5 Å². The SMILES string of the molecule is CCCCC[C@H](CC[C@H](C)CCCCCO)OC(=O)[C@H](Cc1ccc(O)cc1)N(C)C(=O)OC(C)(C)C. The Bertz CT molecular complexity index is 773. The van der Waals surface area contributed by atoms with Crippen LogP contribution in [0.1, 0.15) is 104 Å². The van der Waals surface area contributed by atoms with E-state index in [-0.39, 0.29) is 24.9 Å². The van der Waals surface area contributed by atoms with Crippen molar-refractivity contribution in [2.45, 2.75) is 123 Å². The van der Waals surface area contributed by atoms with Gasteiger partial charge < -0.3 is 19.7 Å². The van der Waals surface area contributed by atoms with E-state index in [0.717, 1.165) is 69.8 Å². The highest BCUT2D eigenvalue weighted by Gasteiger charge is 2.33. The lowest BCUT2D eigenvalue weighted by Gasteiger charge is -2.31. The molecule has 0 unspecified atom stereocenters. The highest BCUT2D eigenvalue weighted by molar-refractivity contribution is 5.82. The van der Waals surface area contributed by atoms with Crippen LogP contribution < -0.4 is 0 Å². The van der Waals surface area contributed by atoms with Gasteiger partial charge in [0.25, 0.3) is 0 Å². The first kappa shape index (κ1) is 32.7. The van der Waals surface area contributed by atoms with Crippen molar-refractivity contribution in [1.82, 2.24) is 4.90 Å². The molecule has 0 aliphatic heterocycles. The smallest absolute Gasteiger partial charge is 0.410 e. The number of esters is 1. The van der Waals surface area contributed by atoms with Gasteiger partial charge in [0.1, 0.15) is 23.5 Å². The number of aliphatic hydroxyl groups excluding tert-OH is 1. The third kappa shape index (κ3) is 14.3. The largest absolute Gasteiger partial charge is 0.508 e. The number of likely N-dealkylation sites (N-methyl/N-ethyl adjacent to an activating group) is 1. The van der Waals surface area contributed by atoms with E-state index in [9.17, 15) is 14.7 Å². The standard InChI is InChI=1S/C30H51NO6/c1-7-8-10-14-26(20-15-23(2)13-11-9-12-21-32)36-28(34)27(22-24-16-18-25(33)19-17-24)31(6)29(35)37-30(3,4)5/h16-19,23,26-27,32-33H,7-15,20-22H2,1-6H3/t23-,26-,27+/m1/s1. The number of aromatic hydroxyl groups is 1. The Morgan fingerprint density at radius 3 is 2.19 bits per heavy atom. The summed E-state index contributed by atoms with van der Waals surface area (Å²) in [5.74, 6) is 0.228. The second kappa shape index (κ2) is 17.3. The number of carbonyl (C=O) groups excluding carboxylic acids is 2. The number of phenolic OH excluding ortho intramolecular Hbond substituents is 1. The van der Waals surface area contributed by atoms with Gasteiger partial charge in [0.05, 0.1) is 0 Å². The van der Waals surface area contributed by atoms with Crippen LogP contribution in [0.2, 0.25) is 0 Å². The second-order valence-corrected chi connectivity index (χ2v) is 11.3. The zero-order chi connectivity index (χ0) is 27.8. The first-order valence-electron chi connectivity index (χ1n) is 14.0. The van der Waals surface area contributed by atoms with Crippen molar-refractivity contribution in [2.24, 2.45) is 5.92 Å². The first-order valence-corrected chi connectivity index (χ1v) is 14.0. The molecule has 2 N–H and O–H groups in total. The van der Waals surface area contributed by atoms with E-state index in [1.165, 1.54) is 4.90 Å². The molecule has 0 aromatic heterocycles. The van der Waals surface area contributed by atoms with Gasteiger partial charge in [-0.15, -0.1) is 0 Å². The van der Waals surface area contributed by atoms with Gasteiger partial charge in [0.15, 0.2) is 0 Å². The van der Waals surface area contributed by atoms with Crippen LogP contribution in [0, 0.1) is 5.92 Å². The van der Waals surface area contributed by atoms with Gasteiger partial charge in [0, 0.05) is 20.1 Å². The molecule has 0 aliphatic rings. The Hall–Kier alpha value is -2.28. The summed E-state index contributed by atoms with van der Waals surface area (Å²) in [6.07, 6.45) is 9.28. The lowest BCUT2D eigenvalue weighted by atomic mass is 9.95. The number of phenols is 1. The van der Waals surface area contributed by atoms with E-state index >= 15 is 0 Å². The summed E-state index contributed by atoms with van der Waals surface area (Å²) < 4.78 is 11.6. The Morgan fingerprint density at radius 2 is 1.59 bits per heavy atom. The number of rotatable bonds is 17. The average molecular weight is 522 g/mol. The summed E-state index contributed by atoms with van der Waals surface area (Å²) >= 11 is 0. The van der Waals surface area contributed by atoms with Crippen molar-refractivity contribution >= 4 is 12.1 Å². The number of benzene rings is 1. The molecule has 0 saturated carbocycles. The number of amides is 1. The van der Waals surface area contributed by atoms with Crippen molar-refractivity contribution < 1.29 is 29.3 Å². The number of carbonyl (C=O) groups is 2. The quantitative estimate of drug-likeness (QED) is 0.176. The lowest BCUT2D eigenvalue weighted by Crippen LogP contribution is -2.47. The number of hydrogen-bond donors (Lipinski definition) is 2. The molecule has 3 atom stereocenters. The Labute approximate surface area is 224 Å². The zero-order valence-electron chi connectivity index (χ0n) is 24.0. The second-order valence-electron chi connectivity index (χ2n) is 11.3. The molecular formula is C30H51NO6. The summed E-state index contributed by atoms with van der Waals surface area (Å²) in [6.45, 7) is 10.0. The molecule has 7 nitrogen and oxygen atoms in total. The van der Waals surface area contributed by atoms with Crippen molar-refractivity contribution in [3.8, 4) is 5.75 Å². The summed E-state index contributed by atoms with van der Waals surface area (Å²) in [6, 6.07) is 5.79. The summed E-state index contributed by atoms with van der Waals surface area (Å²) in [5, 5.41) is 18.6. The van der Waals surface area contributed by atoms with E-state index in [1.54, 1.807) is 52.1 Å². The third-order valence-corrected chi connectivity index (χ3v) is 6.54. The van der Waals surface area contributed by atoms with Gasteiger partial charge in [-0.25, -0.2) is 9.59 Å². The molecule has 37 heavy (non-hydrogen) atoms. The normalized spacial score (nSPS) is 14.0. The maximum atomic E-state index is 13.5. The summed E-state index contributed by atoms with van der Waals surface area (Å²) in [7, 11) is 1.57. The molecule has 0 aliphatic carbocycles. The first-order chi connectivity index (χ1) is 17.5. The van der Waals surface area contributed by atoms with Gasteiger partial charge in [-0.2, -0.15) is 0 Å². The van der Waals surface area contributed by atoms with Crippen LogP contribution >= 0.6 is 0 Å². The van der Waals surface area contributed by atoms with Gasteiger partial charge in [0.2, 0.25) is 0 Å². The van der Waals surface area contributed by atoms with E-state index in [0.29, 0.717) is 5.92 Å². The molecule has 0 heterocycles. The van der Waals surface area contributed by atoms with Gasteiger partial charge in [-0.1, -0.05) is 58.1 Å². The molecule has 0 fully saturated rings. The molecule has 0 saturated heterocycles. The Balaban J connectivity index is 2.95. The number of ether oxygens (including phenoxy) is 2. The van der Waals surface area contributed by atoms with E-state index in [2.05, 4.69) is 13.8 Å². The highest BCUT2D eigenvalue weighted by atomic mass is 16.6. The van der Waals surface area contributed by atoms with Crippen molar-refractivity contribution in [2.75, 3.05) is 13.7 Å². The molecule has 1 rings (SSSR count). The fraction of sp³-hybridized carbons (Fsp3) is 0.733. The van der Waals surface area contributed by atoms with Crippen molar-refractivity contribution in [3.05, 3.63) is 29.8 Å². The number of unbranched alkanes of at least 4 members (excludes halogenated alkanes) is 4. The van der Waals surface area contributed by atoms with Crippen LogP contribution in [-0.4, -0.2) is 58.6 Å². The predicted octanol–water partition coefficient (Wildman–Crippen LogP) is 6.63. The summed E-state index contributed by atoms with van der Waals surface area (Å²) in [4.78, 5) is 27.7. The number of hydrogen-bond acceptors (Lipinski definition) is 6. The van der Waals surface area contributed by atoms with Crippen LogP contribution in [0.25, 0.3) is 0 Å². The molecular weight excluding hydrogens is 470 g/mol. The highest BCUT2D eigenvalue weighted by Crippen LogP contribution is 2.22. The molecule has 212 valence electrons. The van der Waals surface area contributed by atoms with E-state index in [4.69, 9.17) is 14.6 Å². The molecule has 1 amide bonds. The topological polar surface area (TPSA) is 96.3 Å². The van der Waals surface area contributed by atoms with Crippen LogP contribution in [0.15, 0.2) is 24.3 Å². The van der Waals surface area contributed by atoms with Crippen molar-refractivity contribution in [3.63, 3.8) is 0 Å². The molecule has 1 aromatic carbocycles. The van der Waals surface area contributed by atoms with Crippen LogP contribution in [0.3, 0.4) is 0 Å². The van der Waals surface area contributed by atoms with Gasteiger partial charge in [-0.3, -0.25) is 4.90 Å². The maximum absolute atomic E-state index is 13.5. The maximum Gasteiger partial charge on any atom is 0.410 e. The monoisotopic (exact) mass is 521 g/mol. The van der Waals surface area contributed by atoms with Crippen molar-refractivity contribution in [1.29, 1.82) is 0 Å². The van der Waals surface area contributed by atoms with E-state index in [1.807, 2.05) is 0 Å². The minimum absolute atomic E-state index is 0.143.